The summed E-state index contributed by atoms with van der Waals surface area (Å²) in [5.74, 6) is 0.414. The van der Waals surface area contributed by atoms with Crippen molar-refractivity contribution in [2.24, 2.45) is 0 Å². The Morgan fingerprint density at radius 2 is 0.680 bits per heavy atom. The van der Waals surface area contributed by atoms with E-state index in [1.54, 1.807) is 0 Å². The largest absolute Gasteiger partial charge is 0.310 e. The fourth-order valence-corrected chi connectivity index (χ4v) is 11.0. The third-order valence-electron chi connectivity index (χ3n) is 15.2. The molecule has 12 aromatic carbocycles. The molecule has 0 aliphatic carbocycles. The van der Waals surface area contributed by atoms with E-state index in [1.807, 2.05) is 0 Å². The molecule has 75 heavy (non-hydrogen) atoms. The molecule has 2 heteroatoms. The lowest BCUT2D eigenvalue weighted by atomic mass is 9.87. The third kappa shape index (κ3) is 9.12. The summed E-state index contributed by atoms with van der Waals surface area (Å²) in [5, 5.41) is 7.34. The van der Waals surface area contributed by atoms with Gasteiger partial charge in [0, 0.05) is 33.5 Å². The summed E-state index contributed by atoms with van der Waals surface area (Å²) < 4.78 is 0. The lowest BCUT2D eigenvalue weighted by Gasteiger charge is -2.31. The minimum absolute atomic E-state index is 0.00928. The van der Waals surface area contributed by atoms with Crippen molar-refractivity contribution in [3.8, 4) is 44.5 Å². The molecule has 0 aliphatic heterocycles. The molecule has 0 saturated carbocycles. The minimum Gasteiger partial charge on any atom is -0.310 e. The zero-order valence-electron chi connectivity index (χ0n) is 44.1. The normalized spacial score (nSPS) is 11.8. The van der Waals surface area contributed by atoms with E-state index in [0.29, 0.717) is 5.92 Å². The van der Waals surface area contributed by atoms with Gasteiger partial charge in [0.25, 0.3) is 0 Å². The maximum Gasteiger partial charge on any atom is 0.0540 e. The summed E-state index contributed by atoms with van der Waals surface area (Å²) in [6, 6.07) is 90.9. The highest BCUT2D eigenvalue weighted by molar-refractivity contribution is 6.28. The quantitative estimate of drug-likeness (QED) is 0.119. The van der Waals surface area contributed by atoms with Crippen LogP contribution in [0, 0.1) is 13.8 Å². The highest BCUT2D eigenvalue weighted by atomic mass is 15.2. The summed E-state index contributed by atoms with van der Waals surface area (Å²) in [6.45, 7) is 15.7. The number of hydrogen-bond acceptors (Lipinski definition) is 2. The van der Waals surface area contributed by atoms with Gasteiger partial charge in [0.05, 0.1) is 11.4 Å². The van der Waals surface area contributed by atoms with Crippen molar-refractivity contribution in [2.45, 2.75) is 59.8 Å². The van der Waals surface area contributed by atoms with Crippen molar-refractivity contribution >= 4 is 66.4 Å². The zero-order valence-corrected chi connectivity index (χ0v) is 44.1. The summed E-state index contributed by atoms with van der Waals surface area (Å²) in [7, 11) is 0. The molecule has 0 unspecified atom stereocenters. The number of nitrogens with zero attached hydrogens (tertiary/aromatic N) is 2. The first-order chi connectivity index (χ1) is 36.4. The molecule has 2 nitrogen and oxygen atoms in total. The molecular formula is C73H62N2. The van der Waals surface area contributed by atoms with E-state index in [0.717, 1.165) is 34.1 Å². The van der Waals surface area contributed by atoms with Gasteiger partial charge in [0.2, 0.25) is 0 Å². The average Bonchev–Trinajstić information content (AvgIpc) is 3.44. The highest BCUT2D eigenvalue weighted by Gasteiger charge is 2.24. The predicted molar refractivity (Wildman–Crippen MR) is 324 cm³/mol. The van der Waals surface area contributed by atoms with Gasteiger partial charge >= 0.3 is 0 Å². The van der Waals surface area contributed by atoms with Gasteiger partial charge in [0.1, 0.15) is 0 Å². The highest BCUT2D eigenvalue weighted by Crippen LogP contribution is 2.49. The number of benzene rings is 12. The van der Waals surface area contributed by atoms with Gasteiger partial charge in [-0.2, -0.15) is 0 Å². The Kier molecular flexibility index (Phi) is 12.2. The van der Waals surface area contributed by atoms with E-state index in [1.165, 1.54) is 99.1 Å². The predicted octanol–water partition coefficient (Wildman–Crippen LogP) is 21.2. The van der Waals surface area contributed by atoms with E-state index in [4.69, 9.17) is 0 Å². The van der Waals surface area contributed by atoms with E-state index < -0.39 is 0 Å². The fourth-order valence-electron chi connectivity index (χ4n) is 11.0. The van der Waals surface area contributed by atoms with E-state index >= 15 is 0 Å². The number of aryl methyl sites for hydroxylation is 2. The van der Waals surface area contributed by atoms with Crippen LogP contribution in [0.5, 0.6) is 0 Å². The summed E-state index contributed by atoms with van der Waals surface area (Å²) in [6.07, 6.45) is 0. The van der Waals surface area contributed by atoms with E-state index in [-0.39, 0.29) is 5.41 Å². The van der Waals surface area contributed by atoms with Crippen LogP contribution in [0.3, 0.4) is 0 Å². The molecule has 0 atom stereocenters. The molecule has 364 valence electrons. The van der Waals surface area contributed by atoms with Gasteiger partial charge in [-0.05, 0) is 175 Å². The maximum atomic E-state index is 2.49. The lowest BCUT2D eigenvalue weighted by molar-refractivity contribution is 0.590. The molecule has 0 saturated heterocycles. The van der Waals surface area contributed by atoms with Crippen LogP contribution in [0.4, 0.5) is 34.1 Å². The topological polar surface area (TPSA) is 6.48 Å². The molecule has 12 rings (SSSR count). The molecule has 0 heterocycles. The van der Waals surface area contributed by atoms with Crippen LogP contribution in [-0.4, -0.2) is 0 Å². The Hall–Kier alpha value is -8.72. The van der Waals surface area contributed by atoms with Crippen LogP contribution >= 0.6 is 0 Å². The van der Waals surface area contributed by atoms with Crippen molar-refractivity contribution in [1.29, 1.82) is 0 Å². The van der Waals surface area contributed by atoms with Crippen LogP contribution in [0.25, 0.3) is 76.8 Å². The summed E-state index contributed by atoms with van der Waals surface area (Å²) in [4.78, 5) is 4.99. The van der Waals surface area contributed by atoms with Crippen LogP contribution in [-0.2, 0) is 5.41 Å². The molecule has 0 radical (unpaired) electrons. The van der Waals surface area contributed by atoms with Crippen LogP contribution < -0.4 is 9.80 Å². The van der Waals surface area contributed by atoms with Gasteiger partial charge in [-0.3, -0.25) is 0 Å². The lowest BCUT2D eigenvalue weighted by Crippen LogP contribution is -2.14. The third-order valence-corrected chi connectivity index (χ3v) is 15.2. The second-order valence-corrected chi connectivity index (χ2v) is 21.8. The Labute approximate surface area is 443 Å². The summed E-state index contributed by atoms with van der Waals surface area (Å²) in [5.41, 5.74) is 21.3. The van der Waals surface area contributed by atoms with Crippen molar-refractivity contribution in [3.63, 3.8) is 0 Å². The SMILES string of the molecule is Cc1ccc(-c2cc(-c3ccccc3)cc(N(c3ccc(C(C)C)cc3)c3ccc4ccc5c(N(c6ccc(C(C)(C)C)cc6)c6cc(-c7ccccc7)cc(-c7ccc(C)cc7)c6)ccc6ccc3c4c65)c2)cc1. The van der Waals surface area contributed by atoms with Crippen LogP contribution in [0.15, 0.2) is 243 Å². The van der Waals surface area contributed by atoms with Gasteiger partial charge < -0.3 is 9.80 Å². The first-order valence-electron chi connectivity index (χ1n) is 26.5. The number of anilines is 6. The first-order valence-corrected chi connectivity index (χ1v) is 26.5. The average molecular weight is 967 g/mol. The Bertz CT molecular complexity index is 3980. The second kappa shape index (κ2) is 19.3. The van der Waals surface area contributed by atoms with Gasteiger partial charge in [0.15, 0.2) is 0 Å². The Morgan fingerprint density at radius 3 is 1.05 bits per heavy atom. The van der Waals surface area contributed by atoms with E-state index in [2.05, 4.69) is 301 Å². The van der Waals surface area contributed by atoms with Crippen LogP contribution in [0.2, 0.25) is 0 Å². The summed E-state index contributed by atoms with van der Waals surface area (Å²) >= 11 is 0. The van der Waals surface area contributed by atoms with Crippen molar-refractivity contribution in [3.05, 3.63) is 265 Å². The smallest absolute Gasteiger partial charge is 0.0540 e. The van der Waals surface area contributed by atoms with Crippen molar-refractivity contribution in [2.75, 3.05) is 9.80 Å². The van der Waals surface area contributed by atoms with Gasteiger partial charge in [-0.1, -0.05) is 216 Å². The molecular weight excluding hydrogens is 905 g/mol. The Morgan fingerprint density at radius 1 is 0.320 bits per heavy atom. The maximum absolute atomic E-state index is 2.49. The van der Waals surface area contributed by atoms with E-state index in [9.17, 15) is 0 Å². The van der Waals surface area contributed by atoms with Crippen LogP contribution in [0.1, 0.15) is 62.8 Å². The standard InChI is InChI=1S/C73H62N2/c1-48(2)51-26-34-63(35-27-51)74(65-44-58(52-14-10-8-11-15-52)42-60(46-65)54-22-18-49(3)19-23-54)69-40-30-56-29-39-68-70(41-31-57-28-38-67(69)71(56)72(57)68)75(64-36-32-62(33-37-64)73(5,6)7)66-45-59(53-16-12-9-13-17-53)43-61(47-66)55-24-20-50(4)21-25-55/h8-48H,1-7H3. The molecule has 0 aromatic heterocycles. The fraction of sp³-hybridized carbons (Fsp3) is 0.123. The number of hydrogen-bond donors (Lipinski definition) is 0. The van der Waals surface area contributed by atoms with Gasteiger partial charge in [-0.25, -0.2) is 0 Å². The second-order valence-electron chi connectivity index (χ2n) is 21.8. The number of rotatable bonds is 11. The molecule has 12 aromatic rings. The van der Waals surface area contributed by atoms with Crippen molar-refractivity contribution in [1.82, 2.24) is 0 Å². The molecule has 0 aliphatic rings. The van der Waals surface area contributed by atoms with Crippen molar-refractivity contribution < 1.29 is 0 Å². The minimum atomic E-state index is 0.00928. The zero-order chi connectivity index (χ0) is 51.4. The molecule has 0 bridgehead atoms. The monoisotopic (exact) mass is 966 g/mol. The Balaban J connectivity index is 1.11. The van der Waals surface area contributed by atoms with Gasteiger partial charge in [-0.15, -0.1) is 0 Å². The molecule has 0 fully saturated rings. The molecule has 0 spiro atoms. The molecule has 0 N–H and O–H groups in total. The first kappa shape index (κ1) is 47.3. The molecule has 0 amide bonds.